The summed E-state index contributed by atoms with van der Waals surface area (Å²) in [6.07, 6.45) is 4.63. The Bertz CT molecular complexity index is 258. The van der Waals surface area contributed by atoms with Gasteiger partial charge in [0.15, 0.2) is 0 Å². The van der Waals surface area contributed by atoms with Crippen LogP contribution in [-0.4, -0.2) is 10.1 Å². The number of hydrogen-bond acceptors (Lipinski definition) is 2. The van der Waals surface area contributed by atoms with Crippen molar-refractivity contribution in [3.8, 4) is 0 Å². The monoisotopic (exact) mass is 179 g/mol. The fraction of sp³-hybridized carbons (Fsp3) is 0.545. The van der Waals surface area contributed by atoms with E-state index in [-0.39, 0.29) is 0 Å². The Morgan fingerprint density at radius 2 is 2.31 bits per heavy atom. The van der Waals surface area contributed by atoms with Gasteiger partial charge in [-0.15, -0.1) is 0 Å². The number of unbranched alkanes of at least 4 members (excludes halogenated alkanes) is 1. The minimum Gasteiger partial charge on any atom is -0.387 e. The maximum absolute atomic E-state index is 9.44. The highest BCUT2D eigenvalue weighted by Gasteiger charge is 2.07. The van der Waals surface area contributed by atoms with Crippen LogP contribution in [0.5, 0.6) is 0 Å². The zero-order valence-electron chi connectivity index (χ0n) is 8.33. The van der Waals surface area contributed by atoms with Crippen LogP contribution in [0.2, 0.25) is 0 Å². The third-order valence-corrected chi connectivity index (χ3v) is 2.12. The predicted octanol–water partition coefficient (Wildman–Crippen LogP) is 2.48. The predicted molar refractivity (Wildman–Crippen MR) is 53.5 cm³/mol. The lowest BCUT2D eigenvalue weighted by Gasteiger charge is -2.09. The normalized spacial score (nSPS) is 12.8. The maximum Gasteiger partial charge on any atom is 0.0934 e. The smallest absolute Gasteiger partial charge is 0.0934 e. The van der Waals surface area contributed by atoms with E-state index < -0.39 is 6.10 Å². The van der Waals surface area contributed by atoms with Crippen LogP contribution >= 0.6 is 0 Å². The largest absolute Gasteiger partial charge is 0.387 e. The first-order valence-electron chi connectivity index (χ1n) is 4.87. The van der Waals surface area contributed by atoms with Crippen LogP contribution in [0.4, 0.5) is 0 Å². The zero-order chi connectivity index (χ0) is 9.68. The van der Waals surface area contributed by atoms with Gasteiger partial charge in [0, 0.05) is 6.20 Å². The topological polar surface area (TPSA) is 33.1 Å². The second kappa shape index (κ2) is 4.97. The number of aliphatic hydroxyl groups is 1. The molecule has 2 nitrogen and oxygen atoms in total. The first-order chi connectivity index (χ1) is 6.25. The summed E-state index contributed by atoms with van der Waals surface area (Å²) in [5.41, 5.74) is 2.01. The van der Waals surface area contributed by atoms with E-state index in [1.807, 2.05) is 12.1 Å². The van der Waals surface area contributed by atoms with Crippen molar-refractivity contribution in [1.82, 2.24) is 4.98 Å². The van der Waals surface area contributed by atoms with E-state index in [4.69, 9.17) is 0 Å². The standard InChI is InChI=1S/C11H17NO/c1-3-4-6-10-7-5-8-12-11(10)9(2)13/h5,7-9,13H,3-4,6H2,1-2H3. The van der Waals surface area contributed by atoms with Crippen LogP contribution in [0.3, 0.4) is 0 Å². The summed E-state index contributed by atoms with van der Waals surface area (Å²) in [6.45, 7) is 3.93. The molecule has 1 heterocycles. The minimum atomic E-state index is -0.451. The Balaban J connectivity index is 2.78. The molecule has 0 aliphatic heterocycles. The number of pyridine rings is 1. The molecule has 13 heavy (non-hydrogen) atoms. The van der Waals surface area contributed by atoms with E-state index in [0.717, 1.165) is 18.5 Å². The summed E-state index contributed by atoms with van der Waals surface area (Å²) in [7, 11) is 0. The minimum absolute atomic E-state index is 0.451. The van der Waals surface area contributed by atoms with Gasteiger partial charge in [0.2, 0.25) is 0 Å². The lowest BCUT2D eigenvalue weighted by molar-refractivity contribution is 0.193. The van der Waals surface area contributed by atoms with Gasteiger partial charge >= 0.3 is 0 Å². The molecule has 2 heteroatoms. The summed E-state index contributed by atoms with van der Waals surface area (Å²) >= 11 is 0. The second-order valence-corrected chi connectivity index (χ2v) is 3.33. The highest BCUT2D eigenvalue weighted by atomic mass is 16.3. The van der Waals surface area contributed by atoms with Crippen molar-refractivity contribution in [3.05, 3.63) is 29.6 Å². The van der Waals surface area contributed by atoms with Crippen LogP contribution in [0.25, 0.3) is 0 Å². The molecule has 0 aliphatic rings. The van der Waals surface area contributed by atoms with E-state index >= 15 is 0 Å². The third kappa shape index (κ3) is 2.81. The van der Waals surface area contributed by atoms with Crippen LogP contribution in [-0.2, 0) is 6.42 Å². The van der Waals surface area contributed by atoms with Gasteiger partial charge in [0.05, 0.1) is 11.8 Å². The fourth-order valence-electron chi connectivity index (χ4n) is 1.41. The summed E-state index contributed by atoms with van der Waals surface area (Å²) < 4.78 is 0. The lowest BCUT2D eigenvalue weighted by Crippen LogP contribution is -2.01. The Kier molecular flexibility index (Phi) is 3.90. The Labute approximate surface area is 79.6 Å². The first kappa shape index (κ1) is 10.2. The molecule has 72 valence electrons. The molecule has 1 atom stereocenters. The van der Waals surface area contributed by atoms with Gasteiger partial charge in [-0.05, 0) is 31.4 Å². The van der Waals surface area contributed by atoms with Crippen molar-refractivity contribution in [2.45, 2.75) is 39.2 Å². The lowest BCUT2D eigenvalue weighted by atomic mass is 10.0. The van der Waals surface area contributed by atoms with Crippen molar-refractivity contribution < 1.29 is 5.11 Å². The van der Waals surface area contributed by atoms with E-state index in [9.17, 15) is 5.11 Å². The van der Waals surface area contributed by atoms with Crippen molar-refractivity contribution in [2.24, 2.45) is 0 Å². The van der Waals surface area contributed by atoms with E-state index in [2.05, 4.69) is 11.9 Å². The van der Waals surface area contributed by atoms with Crippen molar-refractivity contribution in [2.75, 3.05) is 0 Å². The highest BCUT2D eigenvalue weighted by Crippen LogP contribution is 2.16. The van der Waals surface area contributed by atoms with Crippen LogP contribution in [0.1, 0.15) is 44.1 Å². The van der Waals surface area contributed by atoms with Crippen LogP contribution in [0, 0.1) is 0 Å². The number of aromatic nitrogens is 1. The average molecular weight is 179 g/mol. The Morgan fingerprint density at radius 1 is 1.54 bits per heavy atom. The van der Waals surface area contributed by atoms with Gasteiger partial charge in [0.1, 0.15) is 0 Å². The number of aryl methyl sites for hydroxylation is 1. The summed E-state index contributed by atoms with van der Waals surface area (Å²) in [6, 6.07) is 3.97. The molecule has 1 aromatic heterocycles. The molecule has 0 bridgehead atoms. The van der Waals surface area contributed by atoms with E-state index in [1.165, 1.54) is 12.0 Å². The van der Waals surface area contributed by atoms with E-state index in [0.29, 0.717) is 0 Å². The molecule has 0 fully saturated rings. The SMILES string of the molecule is CCCCc1cccnc1C(C)O. The van der Waals surface area contributed by atoms with Gasteiger partial charge in [-0.25, -0.2) is 0 Å². The molecule has 0 aliphatic carbocycles. The summed E-state index contributed by atoms with van der Waals surface area (Å²) in [5, 5.41) is 9.44. The quantitative estimate of drug-likeness (QED) is 0.770. The fourth-order valence-corrected chi connectivity index (χ4v) is 1.41. The highest BCUT2D eigenvalue weighted by molar-refractivity contribution is 5.21. The second-order valence-electron chi connectivity index (χ2n) is 3.33. The van der Waals surface area contributed by atoms with Gasteiger partial charge in [0.25, 0.3) is 0 Å². The van der Waals surface area contributed by atoms with Gasteiger partial charge in [-0.1, -0.05) is 19.4 Å². The Hall–Kier alpha value is -0.890. The van der Waals surface area contributed by atoms with Gasteiger partial charge in [-0.3, -0.25) is 4.98 Å². The number of rotatable bonds is 4. The molecule has 0 saturated heterocycles. The summed E-state index contributed by atoms with van der Waals surface area (Å²) in [5.74, 6) is 0. The third-order valence-electron chi connectivity index (χ3n) is 2.12. The zero-order valence-corrected chi connectivity index (χ0v) is 8.33. The van der Waals surface area contributed by atoms with Crippen molar-refractivity contribution >= 4 is 0 Å². The molecule has 1 rings (SSSR count). The van der Waals surface area contributed by atoms with Crippen LogP contribution < -0.4 is 0 Å². The van der Waals surface area contributed by atoms with Gasteiger partial charge < -0.3 is 5.11 Å². The van der Waals surface area contributed by atoms with E-state index in [1.54, 1.807) is 13.1 Å². The van der Waals surface area contributed by atoms with Gasteiger partial charge in [-0.2, -0.15) is 0 Å². The van der Waals surface area contributed by atoms with Crippen LogP contribution in [0.15, 0.2) is 18.3 Å². The molecule has 0 saturated carbocycles. The molecule has 0 radical (unpaired) electrons. The number of hydrogen-bond donors (Lipinski definition) is 1. The Morgan fingerprint density at radius 3 is 2.92 bits per heavy atom. The molecular formula is C11H17NO. The van der Waals surface area contributed by atoms with Crippen molar-refractivity contribution in [3.63, 3.8) is 0 Å². The first-order valence-corrected chi connectivity index (χ1v) is 4.87. The number of aliphatic hydroxyl groups excluding tert-OH is 1. The average Bonchev–Trinajstić information content (AvgIpc) is 2.15. The molecule has 0 aromatic carbocycles. The molecule has 0 spiro atoms. The molecular weight excluding hydrogens is 162 g/mol. The molecule has 1 N–H and O–H groups in total. The molecule has 0 amide bonds. The maximum atomic E-state index is 9.44. The summed E-state index contributed by atoms with van der Waals surface area (Å²) in [4.78, 5) is 4.18. The van der Waals surface area contributed by atoms with Crippen molar-refractivity contribution in [1.29, 1.82) is 0 Å². The molecule has 1 aromatic rings. The number of nitrogens with zero attached hydrogens (tertiary/aromatic N) is 1. The molecule has 1 unspecified atom stereocenters.